The lowest BCUT2D eigenvalue weighted by Crippen LogP contribution is -2.33. The number of benzene rings is 2. The Morgan fingerprint density at radius 2 is 1.74 bits per heavy atom. The van der Waals surface area contributed by atoms with Crippen LogP contribution >= 0.6 is 11.3 Å². The van der Waals surface area contributed by atoms with Crippen molar-refractivity contribution in [3.63, 3.8) is 0 Å². The number of hydrogen-bond donors (Lipinski definition) is 1. The molecule has 5 nitrogen and oxygen atoms in total. The third-order valence-corrected chi connectivity index (χ3v) is 5.38. The summed E-state index contributed by atoms with van der Waals surface area (Å²) in [5.74, 6) is -2.45. The molecule has 2 heterocycles. The van der Waals surface area contributed by atoms with E-state index in [1.165, 1.54) is 11.3 Å². The van der Waals surface area contributed by atoms with Crippen LogP contribution in [0.25, 0.3) is 5.57 Å². The Morgan fingerprint density at radius 3 is 2.39 bits per heavy atom. The fraction of sp³-hybridized carbons (Fsp3) is 0.130. The highest BCUT2D eigenvalue weighted by atomic mass is 32.1. The minimum Gasteiger partial charge on any atom is -0.491 e. The number of thiophene rings is 1. The number of ether oxygens (including phenoxy) is 1. The maximum absolute atomic E-state index is 14.4. The number of nitrogens with zero attached hydrogens (tertiary/aromatic N) is 1. The standard InChI is InChI=1S/C23H18F2N2O3S/c1-13(2)30-16-8-6-15(7-9-16)26-21-20(19-4-3-11-31-19)22(28)27(23(21)29)18-12-14(24)5-10-17(18)25/h3-13,26H,1-2H3. The van der Waals surface area contributed by atoms with Gasteiger partial charge in [0.05, 0.1) is 17.4 Å². The third-order valence-electron chi connectivity index (χ3n) is 4.50. The Kier molecular flexibility index (Phi) is 5.56. The zero-order chi connectivity index (χ0) is 22.1. The minimum absolute atomic E-state index is 0.00589. The highest BCUT2D eigenvalue weighted by Crippen LogP contribution is 2.36. The van der Waals surface area contributed by atoms with E-state index in [-0.39, 0.29) is 17.4 Å². The molecule has 1 aliphatic rings. The van der Waals surface area contributed by atoms with E-state index in [0.29, 0.717) is 21.2 Å². The van der Waals surface area contributed by atoms with Gasteiger partial charge in [-0.25, -0.2) is 13.7 Å². The number of amides is 2. The van der Waals surface area contributed by atoms with Crippen LogP contribution in [0.2, 0.25) is 0 Å². The van der Waals surface area contributed by atoms with Crippen molar-refractivity contribution in [2.45, 2.75) is 20.0 Å². The van der Waals surface area contributed by atoms with Crippen molar-refractivity contribution in [3.8, 4) is 5.75 Å². The highest BCUT2D eigenvalue weighted by Gasteiger charge is 2.41. The van der Waals surface area contributed by atoms with Crippen molar-refractivity contribution in [2.24, 2.45) is 0 Å². The zero-order valence-electron chi connectivity index (χ0n) is 16.7. The van der Waals surface area contributed by atoms with Crippen molar-refractivity contribution >= 4 is 40.1 Å². The van der Waals surface area contributed by atoms with E-state index < -0.39 is 29.1 Å². The molecule has 0 atom stereocenters. The Labute approximate surface area is 181 Å². The SMILES string of the molecule is CC(C)Oc1ccc(NC2=C(c3cccs3)C(=O)N(c3cc(F)ccc3F)C2=O)cc1. The molecule has 0 spiro atoms. The number of carbonyl (C=O) groups excluding carboxylic acids is 2. The molecule has 2 aromatic carbocycles. The van der Waals surface area contributed by atoms with E-state index in [0.717, 1.165) is 18.2 Å². The summed E-state index contributed by atoms with van der Waals surface area (Å²) in [5, 5.41) is 4.74. The monoisotopic (exact) mass is 440 g/mol. The van der Waals surface area contributed by atoms with Crippen LogP contribution in [0, 0.1) is 11.6 Å². The summed E-state index contributed by atoms with van der Waals surface area (Å²) in [6.07, 6.45) is 0.00991. The lowest BCUT2D eigenvalue weighted by Gasteiger charge is -2.16. The van der Waals surface area contributed by atoms with Crippen molar-refractivity contribution in [1.29, 1.82) is 0 Å². The fourth-order valence-corrected chi connectivity index (χ4v) is 3.97. The molecule has 2 amide bonds. The van der Waals surface area contributed by atoms with E-state index in [9.17, 15) is 18.4 Å². The molecule has 0 radical (unpaired) electrons. The van der Waals surface area contributed by atoms with E-state index in [1.54, 1.807) is 41.8 Å². The first-order valence-corrected chi connectivity index (χ1v) is 10.4. The second kappa shape index (κ2) is 8.31. The van der Waals surface area contributed by atoms with Gasteiger partial charge < -0.3 is 10.1 Å². The van der Waals surface area contributed by atoms with Crippen LogP contribution in [0.3, 0.4) is 0 Å². The van der Waals surface area contributed by atoms with Gasteiger partial charge in [-0.1, -0.05) is 6.07 Å². The Balaban J connectivity index is 1.73. The van der Waals surface area contributed by atoms with Gasteiger partial charge in [-0.3, -0.25) is 9.59 Å². The quantitative estimate of drug-likeness (QED) is 0.535. The Bertz CT molecular complexity index is 1170. The summed E-state index contributed by atoms with van der Waals surface area (Å²) in [5.41, 5.74) is 0.212. The average Bonchev–Trinajstić information content (AvgIpc) is 3.32. The smallest absolute Gasteiger partial charge is 0.282 e. The van der Waals surface area contributed by atoms with E-state index in [4.69, 9.17) is 4.74 Å². The van der Waals surface area contributed by atoms with Gasteiger partial charge in [-0.05, 0) is 61.7 Å². The zero-order valence-corrected chi connectivity index (χ0v) is 17.5. The van der Waals surface area contributed by atoms with Gasteiger partial charge in [-0.15, -0.1) is 11.3 Å². The molecule has 0 saturated carbocycles. The van der Waals surface area contributed by atoms with Crippen LogP contribution in [0.4, 0.5) is 20.2 Å². The van der Waals surface area contributed by atoms with Crippen LogP contribution in [-0.2, 0) is 9.59 Å². The molecule has 3 aromatic rings. The van der Waals surface area contributed by atoms with Gasteiger partial charge in [0.25, 0.3) is 11.8 Å². The molecule has 0 unspecified atom stereocenters. The van der Waals surface area contributed by atoms with Crippen molar-refractivity contribution < 1.29 is 23.1 Å². The van der Waals surface area contributed by atoms with Gasteiger partial charge in [0.2, 0.25) is 0 Å². The van der Waals surface area contributed by atoms with Gasteiger partial charge in [-0.2, -0.15) is 0 Å². The second-order valence-corrected chi connectivity index (χ2v) is 8.03. The molecule has 0 bridgehead atoms. The first-order chi connectivity index (χ1) is 14.8. The van der Waals surface area contributed by atoms with E-state index >= 15 is 0 Å². The molecule has 0 aliphatic carbocycles. The molecule has 1 N–H and O–H groups in total. The summed E-state index contributed by atoms with van der Waals surface area (Å²) in [7, 11) is 0. The average molecular weight is 440 g/mol. The van der Waals surface area contributed by atoms with Crippen LogP contribution in [0.1, 0.15) is 18.7 Å². The molecule has 31 heavy (non-hydrogen) atoms. The van der Waals surface area contributed by atoms with Crippen LogP contribution in [0.15, 0.2) is 65.7 Å². The number of carbonyl (C=O) groups is 2. The van der Waals surface area contributed by atoms with E-state index in [2.05, 4.69) is 5.32 Å². The number of halogens is 2. The first kappa shape index (κ1) is 20.7. The molecule has 0 fully saturated rings. The summed E-state index contributed by atoms with van der Waals surface area (Å²) >= 11 is 1.27. The normalized spacial score (nSPS) is 14.0. The molecule has 0 saturated heterocycles. The molecular formula is C23H18F2N2O3S. The third kappa shape index (κ3) is 4.06. The predicted molar refractivity (Wildman–Crippen MR) is 116 cm³/mol. The van der Waals surface area contributed by atoms with Crippen molar-refractivity contribution in [3.05, 3.63) is 82.2 Å². The number of anilines is 2. The minimum atomic E-state index is -0.870. The lowest BCUT2D eigenvalue weighted by molar-refractivity contribution is -0.120. The lowest BCUT2D eigenvalue weighted by atomic mass is 10.2. The molecular weight excluding hydrogens is 422 g/mol. The van der Waals surface area contributed by atoms with Gasteiger partial charge in [0.1, 0.15) is 23.1 Å². The van der Waals surface area contributed by atoms with Crippen molar-refractivity contribution in [2.75, 3.05) is 10.2 Å². The summed E-state index contributed by atoms with van der Waals surface area (Å²) in [6.45, 7) is 3.82. The van der Waals surface area contributed by atoms with Gasteiger partial charge in [0.15, 0.2) is 0 Å². The molecule has 8 heteroatoms. The van der Waals surface area contributed by atoms with E-state index in [1.807, 2.05) is 13.8 Å². The van der Waals surface area contributed by atoms with Crippen molar-refractivity contribution in [1.82, 2.24) is 0 Å². The Hall–Kier alpha value is -3.52. The highest BCUT2D eigenvalue weighted by molar-refractivity contribution is 7.11. The number of rotatable bonds is 6. The largest absolute Gasteiger partial charge is 0.491 e. The van der Waals surface area contributed by atoms with Gasteiger partial charge in [0, 0.05) is 16.6 Å². The maximum atomic E-state index is 14.4. The number of hydrogen-bond acceptors (Lipinski definition) is 5. The maximum Gasteiger partial charge on any atom is 0.282 e. The molecule has 1 aromatic heterocycles. The van der Waals surface area contributed by atoms with Gasteiger partial charge >= 0.3 is 0 Å². The number of nitrogens with one attached hydrogen (secondary N) is 1. The van der Waals surface area contributed by atoms with Crippen LogP contribution in [-0.4, -0.2) is 17.9 Å². The summed E-state index contributed by atoms with van der Waals surface area (Å²) < 4.78 is 33.7. The summed E-state index contributed by atoms with van der Waals surface area (Å²) in [6, 6.07) is 13.0. The first-order valence-electron chi connectivity index (χ1n) is 9.51. The van der Waals surface area contributed by atoms with Crippen LogP contribution < -0.4 is 15.0 Å². The number of imide groups is 1. The predicted octanol–water partition coefficient (Wildman–Crippen LogP) is 5.21. The van der Waals surface area contributed by atoms with Crippen LogP contribution in [0.5, 0.6) is 5.75 Å². The second-order valence-electron chi connectivity index (χ2n) is 7.08. The molecule has 1 aliphatic heterocycles. The molecule has 4 rings (SSSR count). The Morgan fingerprint density at radius 1 is 1.00 bits per heavy atom. The fourth-order valence-electron chi connectivity index (χ4n) is 3.20. The molecule has 158 valence electrons. The topological polar surface area (TPSA) is 58.6 Å². The summed E-state index contributed by atoms with van der Waals surface area (Å²) in [4.78, 5) is 27.5.